The van der Waals surface area contributed by atoms with Crippen LogP contribution in [0.5, 0.6) is 0 Å². The van der Waals surface area contributed by atoms with E-state index in [0.29, 0.717) is 18.3 Å². The van der Waals surface area contributed by atoms with Gasteiger partial charge in [0.15, 0.2) is 5.69 Å². The predicted molar refractivity (Wildman–Crippen MR) is 111 cm³/mol. The maximum atomic E-state index is 13.1. The van der Waals surface area contributed by atoms with Crippen molar-refractivity contribution in [3.8, 4) is 0 Å². The fourth-order valence-electron chi connectivity index (χ4n) is 3.85. The van der Waals surface area contributed by atoms with Gasteiger partial charge in [-0.2, -0.15) is 16.9 Å². The van der Waals surface area contributed by atoms with Gasteiger partial charge in [-0.3, -0.25) is 9.48 Å². The number of nitrogens with zero attached hydrogens (tertiary/aromatic N) is 3. The molecule has 7 heteroatoms. The molecule has 1 unspecified atom stereocenters. The number of thioether (sulfide) groups is 1. The molecular weight excluding hydrogens is 360 g/mol. The molecule has 0 saturated carbocycles. The summed E-state index contributed by atoms with van der Waals surface area (Å²) in [7, 11) is 0. The summed E-state index contributed by atoms with van der Waals surface area (Å²) < 4.78 is 7.40. The number of hydrogen-bond acceptors (Lipinski definition) is 5. The van der Waals surface area contributed by atoms with Crippen LogP contribution in [0.4, 0.5) is 0 Å². The zero-order valence-electron chi connectivity index (χ0n) is 16.4. The fraction of sp³-hybridized carbons (Fsp3) is 0.700. The van der Waals surface area contributed by atoms with E-state index >= 15 is 0 Å². The molecule has 0 radical (unpaired) electrons. The Morgan fingerprint density at radius 3 is 3.00 bits per heavy atom. The molecule has 1 aliphatic carbocycles. The van der Waals surface area contributed by atoms with Crippen LogP contribution in [-0.4, -0.2) is 71.0 Å². The van der Waals surface area contributed by atoms with E-state index in [-0.39, 0.29) is 5.91 Å². The van der Waals surface area contributed by atoms with Gasteiger partial charge >= 0.3 is 0 Å². The molecule has 27 heavy (non-hydrogen) atoms. The average Bonchev–Trinajstić information content (AvgIpc) is 3.06. The third kappa shape index (κ3) is 5.15. The minimum absolute atomic E-state index is 0.103. The number of carbonyl (C=O) groups excluding carboxylic acids is 1. The molecule has 0 bridgehead atoms. The summed E-state index contributed by atoms with van der Waals surface area (Å²) in [6.07, 6.45) is 5.80. The molecule has 2 aliphatic rings. The van der Waals surface area contributed by atoms with Crippen LogP contribution < -0.4 is 5.32 Å². The van der Waals surface area contributed by atoms with Crippen molar-refractivity contribution in [2.75, 3.05) is 44.4 Å². The Hall–Kier alpha value is -1.31. The van der Waals surface area contributed by atoms with E-state index in [1.165, 1.54) is 5.69 Å². The average molecular weight is 393 g/mol. The Kier molecular flexibility index (Phi) is 7.79. The molecular formula is C20H32N4O2S. The molecule has 1 aromatic heterocycles. The predicted octanol–water partition coefficient (Wildman–Crippen LogP) is 2.13. The molecule has 3 rings (SSSR count). The van der Waals surface area contributed by atoms with E-state index in [0.717, 1.165) is 75.6 Å². The second-order valence-corrected chi connectivity index (χ2v) is 8.32. The van der Waals surface area contributed by atoms with Gasteiger partial charge in [-0.25, -0.2) is 0 Å². The molecule has 2 heterocycles. The molecule has 1 saturated heterocycles. The van der Waals surface area contributed by atoms with E-state index in [1.54, 1.807) is 0 Å². The smallest absolute Gasteiger partial charge is 0.274 e. The van der Waals surface area contributed by atoms with Gasteiger partial charge in [-0.1, -0.05) is 6.08 Å². The van der Waals surface area contributed by atoms with Crippen LogP contribution in [0.1, 0.15) is 41.5 Å². The third-order valence-electron chi connectivity index (χ3n) is 5.25. The van der Waals surface area contributed by atoms with Gasteiger partial charge in [0.2, 0.25) is 0 Å². The highest BCUT2D eigenvalue weighted by atomic mass is 32.2. The number of fused-ring (bicyclic) bond motifs is 1. The lowest BCUT2D eigenvalue weighted by Gasteiger charge is -2.27. The summed E-state index contributed by atoms with van der Waals surface area (Å²) in [5.41, 5.74) is 3.03. The van der Waals surface area contributed by atoms with E-state index in [1.807, 2.05) is 34.3 Å². The van der Waals surface area contributed by atoms with E-state index < -0.39 is 0 Å². The van der Waals surface area contributed by atoms with E-state index in [9.17, 15) is 4.79 Å². The fourth-order valence-corrected chi connectivity index (χ4v) is 4.75. The van der Waals surface area contributed by atoms with Crippen LogP contribution in [0.3, 0.4) is 0 Å². The second kappa shape index (κ2) is 10.3. The Balaban J connectivity index is 1.70. The number of ether oxygens (including phenoxy) is 1. The minimum Gasteiger partial charge on any atom is -0.382 e. The molecule has 0 spiro atoms. The van der Waals surface area contributed by atoms with Crippen molar-refractivity contribution in [3.63, 3.8) is 0 Å². The van der Waals surface area contributed by atoms with Crippen LogP contribution in [0.25, 0.3) is 0 Å². The van der Waals surface area contributed by atoms with Crippen molar-refractivity contribution in [2.45, 2.75) is 45.2 Å². The van der Waals surface area contributed by atoms with Crippen LogP contribution >= 0.6 is 11.8 Å². The molecule has 150 valence electrons. The maximum absolute atomic E-state index is 13.1. The number of amides is 1. The van der Waals surface area contributed by atoms with Gasteiger partial charge < -0.3 is 15.0 Å². The minimum atomic E-state index is 0.103. The monoisotopic (exact) mass is 392 g/mol. The summed E-state index contributed by atoms with van der Waals surface area (Å²) in [5.74, 6) is 2.14. The molecule has 1 fully saturated rings. The Morgan fingerprint density at radius 1 is 1.44 bits per heavy atom. The molecule has 1 N–H and O–H groups in total. The molecule has 0 aromatic carbocycles. The van der Waals surface area contributed by atoms with Gasteiger partial charge in [-0.05, 0) is 39.2 Å². The standard InChI is InChI=1S/C20H32N4O2S/c1-3-9-24-18-7-6-16(21-8-5-12-26-4-2)15-17(18)19(22-24)20(25)23-10-13-27-14-11-23/h3,16,21H,1,4-15H2,2H3. The number of hydrogen-bond donors (Lipinski definition) is 1. The second-order valence-electron chi connectivity index (χ2n) is 7.09. The van der Waals surface area contributed by atoms with Crippen molar-refractivity contribution in [2.24, 2.45) is 0 Å². The molecule has 6 nitrogen and oxygen atoms in total. The number of nitrogens with one attached hydrogen (secondary N) is 1. The lowest BCUT2D eigenvalue weighted by Crippen LogP contribution is -2.39. The molecule has 1 aromatic rings. The highest BCUT2D eigenvalue weighted by Gasteiger charge is 2.31. The lowest BCUT2D eigenvalue weighted by atomic mass is 9.91. The summed E-state index contributed by atoms with van der Waals surface area (Å²) in [5, 5.41) is 8.35. The topological polar surface area (TPSA) is 59.4 Å². The summed E-state index contributed by atoms with van der Waals surface area (Å²) >= 11 is 1.92. The van der Waals surface area contributed by atoms with Crippen LogP contribution in [0, 0.1) is 0 Å². The Bertz CT molecular complexity index is 640. The first-order valence-electron chi connectivity index (χ1n) is 10.1. The quantitative estimate of drug-likeness (QED) is 0.515. The van der Waals surface area contributed by atoms with Crippen LogP contribution in [0.2, 0.25) is 0 Å². The Labute approximate surface area is 166 Å². The van der Waals surface area contributed by atoms with Crippen molar-refractivity contribution in [1.82, 2.24) is 20.0 Å². The van der Waals surface area contributed by atoms with Gasteiger partial charge in [0.1, 0.15) is 0 Å². The van der Waals surface area contributed by atoms with Gasteiger partial charge in [0, 0.05) is 55.1 Å². The summed E-state index contributed by atoms with van der Waals surface area (Å²) in [4.78, 5) is 15.1. The highest BCUT2D eigenvalue weighted by molar-refractivity contribution is 7.99. The zero-order valence-corrected chi connectivity index (χ0v) is 17.2. The number of allylic oxidation sites excluding steroid dienone is 1. The van der Waals surface area contributed by atoms with Crippen LogP contribution in [-0.2, 0) is 24.1 Å². The molecule has 1 amide bonds. The van der Waals surface area contributed by atoms with Gasteiger partial charge in [0.25, 0.3) is 5.91 Å². The largest absolute Gasteiger partial charge is 0.382 e. The molecule has 1 atom stereocenters. The SMILES string of the molecule is C=CCn1nc(C(=O)N2CCSCC2)c2c1CCC(NCCCOCC)C2. The first-order chi connectivity index (χ1) is 13.2. The first-order valence-corrected chi connectivity index (χ1v) is 11.3. The van der Waals surface area contributed by atoms with Gasteiger partial charge in [-0.15, -0.1) is 6.58 Å². The lowest BCUT2D eigenvalue weighted by molar-refractivity contribution is 0.0764. The summed E-state index contributed by atoms with van der Waals surface area (Å²) in [6.45, 7) is 10.7. The summed E-state index contributed by atoms with van der Waals surface area (Å²) in [6, 6.07) is 0.406. The normalized spacial score (nSPS) is 19.7. The van der Waals surface area contributed by atoms with Gasteiger partial charge in [0.05, 0.1) is 6.54 Å². The zero-order chi connectivity index (χ0) is 19.1. The van der Waals surface area contributed by atoms with E-state index in [4.69, 9.17) is 9.84 Å². The third-order valence-corrected chi connectivity index (χ3v) is 6.19. The van der Waals surface area contributed by atoms with E-state index in [2.05, 4.69) is 11.9 Å². The van der Waals surface area contributed by atoms with Crippen molar-refractivity contribution in [1.29, 1.82) is 0 Å². The van der Waals surface area contributed by atoms with Crippen molar-refractivity contribution >= 4 is 17.7 Å². The van der Waals surface area contributed by atoms with Crippen LogP contribution in [0.15, 0.2) is 12.7 Å². The maximum Gasteiger partial charge on any atom is 0.274 e. The highest BCUT2D eigenvalue weighted by Crippen LogP contribution is 2.26. The van der Waals surface area contributed by atoms with Crippen molar-refractivity contribution in [3.05, 3.63) is 29.6 Å². The number of aromatic nitrogens is 2. The number of rotatable bonds is 9. The Morgan fingerprint density at radius 2 is 2.26 bits per heavy atom. The first kappa shape index (κ1) is 20.4. The molecule has 1 aliphatic heterocycles. The van der Waals surface area contributed by atoms with Crippen molar-refractivity contribution < 1.29 is 9.53 Å². The number of carbonyl (C=O) groups is 1.